The highest BCUT2D eigenvalue weighted by atomic mass is 16.7. The second kappa shape index (κ2) is 8.85. The van der Waals surface area contributed by atoms with Crippen LogP contribution in [0.2, 0.25) is 0 Å². The van der Waals surface area contributed by atoms with Gasteiger partial charge in [0, 0.05) is 31.9 Å². The van der Waals surface area contributed by atoms with E-state index in [1.807, 2.05) is 31.2 Å². The van der Waals surface area contributed by atoms with Crippen LogP contribution in [0, 0.1) is 0 Å². The monoisotopic (exact) mass is 399 g/mol. The van der Waals surface area contributed by atoms with Gasteiger partial charge in [-0.2, -0.15) is 4.98 Å². The quantitative estimate of drug-likeness (QED) is 0.765. The molecule has 0 atom stereocenters. The molecule has 0 aliphatic carbocycles. The predicted octanol–water partition coefficient (Wildman–Crippen LogP) is 2.85. The topological polar surface area (TPSA) is 97.8 Å². The largest absolute Gasteiger partial charge is 0.454 e. The zero-order chi connectivity index (χ0) is 20.1. The van der Waals surface area contributed by atoms with Crippen LogP contribution >= 0.6 is 0 Å². The number of hydrogen-bond acceptors (Lipinski definition) is 8. The minimum atomic E-state index is -0.233. The molecule has 1 amide bonds. The number of ether oxygens (including phenoxy) is 3. The van der Waals surface area contributed by atoms with Crippen LogP contribution in [0.25, 0.3) is 0 Å². The number of benzene rings is 1. The fourth-order valence-corrected chi connectivity index (χ4v) is 3.39. The molecule has 4 rings (SSSR count). The van der Waals surface area contributed by atoms with Crippen LogP contribution in [0.1, 0.15) is 25.3 Å². The van der Waals surface area contributed by atoms with Gasteiger partial charge in [0.2, 0.25) is 12.7 Å². The first-order valence-corrected chi connectivity index (χ1v) is 9.85. The van der Waals surface area contributed by atoms with E-state index in [-0.39, 0.29) is 18.9 Å². The van der Waals surface area contributed by atoms with Crippen molar-refractivity contribution < 1.29 is 19.0 Å². The highest BCUT2D eigenvalue weighted by molar-refractivity contribution is 5.67. The highest BCUT2D eigenvalue weighted by Crippen LogP contribution is 2.32. The van der Waals surface area contributed by atoms with Gasteiger partial charge in [-0.15, -0.1) is 0 Å². The SMILES string of the molecule is CCOC(=O)N1CCC(Nc2ccnc(NCc3ccc4c(c3)OCO4)n2)CC1. The standard InChI is InChI=1S/C20H25N5O4/c1-2-27-20(26)25-9-6-15(7-10-25)23-18-5-8-21-19(24-18)22-12-14-3-4-16-17(11-14)29-13-28-16/h3-5,8,11,15H,2,6-7,9-10,12-13H2,1H3,(H2,21,22,23,24). The van der Waals surface area contributed by atoms with E-state index < -0.39 is 0 Å². The summed E-state index contributed by atoms with van der Waals surface area (Å²) in [5.41, 5.74) is 1.06. The smallest absolute Gasteiger partial charge is 0.409 e. The molecule has 0 saturated carbocycles. The molecule has 2 aromatic rings. The second-order valence-corrected chi connectivity index (χ2v) is 6.91. The van der Waals surface area contributed by atoms with Crippen LogP contribution in [0.3, 0.4) is 0 Å². The number of aromatic nitrogens is 2. The summed E-state index contributed by atoms with van der Waals surface area (Å²) < 4.78 is 15.8. The van der Waals surface area contributed by atoms with Gasteiger partial charge < -0.3 is 29.7 Å². The molecule has 0 bridgehead atoms. The van der Waals surface area contributed by atoms with E-state index in [9.17, 15) is 4.79 Å². The summed E-state index contributed by atoms with van der Waals surface area (Å²) in [4.78, 5) is 22.4. The van der Waals surface area contributed by atoms with Gasteiger partial charge in [0.05, 0.1) is 6.61 Å². The van der Waals surface area contributed by atoms with Crippen LogP contribution in [-0.2, 0) is 11.3 Å². The first-order chi connectivity index (χ1) is 14.2. The Kier molecular flexibility index (Phi) is 5.83. The van der Waals surface area contributed by atoms with Crippen molar-refractivity contribution in [2.45, 2.75) is 32.4 Å². The van der Waals surface area contributed by atoms with Gasteiger partial charge in [-0.1, -0.05) is 6.07 Å². The molecular weight excluding hydrogens is 374 g/mol. The Bertz CT molecular complexity index is 855. The third-order valence-electron chi connectivity index (χ3n) is 4.92. The number of nitrogens with zero attached hydrogens (tertiary/aromatic N) is 3. The molecule has 9 nitrogen and oxygen atoms in total. The summed E-state index contributed by atoms with van der Waals surface area (Å²) in [6.45, 7) is 4.42. The summed E-state index contributed by atoms with van der Waals surface area (Å²) in [5, 5.41) is 6.68. The Hall–Kier alpha value is -3.23. The molecule has 1 aromatic carbocycles. The lowest BCUT2D eigenvalue weighted by Crippen LogP contribution is -2.42. The number of piperidine rings is 1. The fraction of sp³-hybridized carbons (Fsp3) is 0.450. The zero-order valence-electron chi connectivity index (χ0n) is 16.4. The van der Waals surface area contributed by atoms with Gasteiger partial charge in [-0.05, 0) is 43.5 Å². The third kappa shape index (κ3) is 4.79. The van der Waals surface area contributed by atoms with Gasteiger partial charge in [0.25, 0.3) is 0 Å². The Morgan fingerprint density at radius 2 is 2.07 bits per heavy atom. The normalized spacial score (nSPS) is 15.8. The summed E-state index contributed by atoms with van der Waals surface area (Å²) in [6, 6.07) is 7.95. The summed E-state index contributed by atoms with van der Waals surface area (Å²) >= 11 is 0. The molecule has 0 unspecified atom stereocenters. The first kappa shape index (κ1) is 19.1. The van der Waals surface area contributed by atoms with Crippen LogP contribution < -0.4 is 20.1 Å². The van der Waals surface area contributed by atoms with E-state index in [2.05, 4.69) is 20.6 Å². The van der Waals surface area contributed by atoms with Crippen molar-refractivity contribution in [1.82, 2.24) is 14.9 Å². The minimum absolute atomic E-state index is 0.233. The van der Waals surface area contributed by atoms with Gasteiger partial charge in [-0.25, -0.2) is 9.78 Å². The molecule has 154 valence electrons. The van der Waals surface area contributed by atoms with Crippen molar-refractivity contribution in [3.8, 4) is 11.5 Å². The van der Waals surface area contributed by atoms with E-state index in [0.717, 1.165) is 35.7 Å². The van der Waals surface area contributed by atoms with Crippen LogP contribution in [0.4, 0.5) is 16.6 Å². The number of likely N-dealkylation sites (tertiary alicyclic amines) is 1. The number of fused-ring (bicyclic) bond motifs is 1. The van der Waals surface area contributed by atoms with E-state index in [1.54, 1.807) is 11.1 Å². The highest BCUT2D eigenvalue weighted by Gasteiger charge is 2.23. The summed E-state index contributed by atoms with van der Waals surface area (Å²) in [7, 11) is 0. The summed E-state index contributed by atoms with van der Waals surface area (Å²) in [6.07, 6.45) is 3.19. The zero-order valence-corrected chi connectivity index (χ0v) is 16.4. The van der Waals surface area contributed by atoms with E-state index in [4.69, 9.17) is 14.2 Å². The fourth-order valence-electron chi connectivity index (χ4n) is 3.39. The lowest BCUT2D eigenvalue weighted by atomic mass is 10.1. The third-order valence-corrected chi connectivity index (χ3v) is 4.92. The number of hydrogen-bond donors (Lipinski definition) is 2. The molecule has 3 heterocycles. The lowest BCUT2D eigenvalue weighted by Gasteiger charge is -2.31. The van der Waals surface area contributed by atoms with Crippen LogP contribution in [0.5, 0.6) is 11.5 Å². The van der Waals surface area contributed by atoms with Crippen LogP contribution in [0.15, 0.2) is 30.5 Å². The maximum atomic E-state index is 11.8. The number of nitrogens with one attached hydrogen (secondary N) is 2. The van der Waals surface area contributed by atoms with Gasteiger partial charge in [-0.3, -0.25) is 0 Å². The second-order valence-electron chi connectivity index (χ2n) is 6.91. The Labute approximate surface area is 169 Å². The molecular formula is C20H25N5O4. The first-order valence-electron chi connectivity index (χ1n) is 9.85. The molecule has 0 spiro atoms. The number of anilines is 2. The number of carbonyl (C=O) groups excluding carboxylic acids is 1. The summed E-state index contributed by atoms with van der Waals surface area (Å²) in [5.74, 6) is 2.85. The molecule has 1 fully saturated rings. The van der Waals surface area contributed by atoms with Crippen molar-refractivity contribution in [1.29, 1.82) is 0 Å². The molecule has 1 saturated heterocycles. The molecule has 1 aromatic heterocycles. The maximum Gasteiger partial charge on any atom is 0.409 e. The molecule has 9 heteroatoms. The van der Waals surface area contributed by atoms with Gasteiger partial charge in [0.15, 0.2) is 11.5 Å². The van der Waals surface area contributed by atoms with Crippen molar-refractivity contribution in [2.75, 3.05) is 37.1 Å². The lowest BCUT2D eigenvalue weighted by molar-refractivity contribution is 0.0983. The van der Waals surface area contributed by atoms with Crippen molar-refractivity contribution in [3.63, 3.8) is 0 Å². The number of amides is 1. The number of carbonyl (C=O) groups is 1. The van der Waals surface area contributed by atoms with Crippen molar-refractivity contribution in [3.05, 3.63) is 36.0 Å². The van der Waals surface area contributed by atoms with Crippen molar-refractivity contribution in [2.24, 2.45) is 0 Å². The predicted molar refractivity (Wildman–Crippen MR) is 107 cm³/mol. The van der Waals surface area contributed by atoms with E-state index in [0.29, 0.717) is 32.2 Å². The molecule has 2 aliphatic heterocycles. The van der Waals surface area contributed by atoms with Crippen LogP contribution in [-0.4, -0.2) is 53.5 Å². The molecule has 0 radical (unpaired) electrons. The van der Waals surface area contributed by atoms with Gasteiger partial charge in [0.1, 0.15) is 5.82 Å². The van der Waals surface area contributed by atoms with Crippen molar-refractivity contribution >= 4 is 17.9 Å². The van der Waals surface area contributed by atoms with E-state index >= 15 is 0 Å². The average Bonchev–Trinajstić information content (AvgIpc) is 3.21. The number of rotatable bonds is 6. The Morgan fingerprint density at radius 3 is 2.90 bits per heavy atom. The molecule has 29 heavy (non-hydrogen) atoms. The average molecular weight is 399 g/mol. The van der Waals surface area contributed by atoms with E-state index in [1.165, 1.54) is 0 Å². The molecule has 2 N–H and O–H groups in total. The molecule has 2 aliphatic rings. The maximum absolute atomic E-state index is 11.8. The van der Waals surface area contributed by atoms with Gasteiger partial charge >= 0.3 is 6.09 Å². The minimum Gasteiger partial charge on any atom is -0.454 e. The Balaban J connectivity index is 1.28. The Morgan fingerprint density at radius 1 is 1.24 bits per heavy atom.